The third-order valence-electron chi connectivity index (χ3n) is 3.18. The summed E-state index contributed by atoms with van der Waals surface area (Å²) in [7, 11) is 0. The van der Waals surface area contributed by atoms with Crippen molar-refractivity contribution in [1.82, 2.24) is 10.3 Å². The van der Waals surface area contributed by atoms with Gasteiger partial charge in [0, 0.05) is 25.0 Å². The van der Waals surface area contributed by atoms with Gasteiger partial charge in [0.15, 0.2) is 6.61 Å². The summed E-state index contributed by atoms with van der Waals surface area (Å²) in [6, 6.07) is 10.9. The van der Waals surface area contributed by atoms with E-state index in [2.05, 4.69) is 20.4 Å². The van der Waals surface area contributed by atoms with Crippen LogP contribution >= 0.6 is 11.6 Å². The molecule has 0 saturated carbocycles. The molecule has 140 valence electrons. The van der Waals surface area contributed by atoms with Gasteiger partial charge in [-0.1, -0.05) is 29.8 Å². The fourth-order valence-corrected chi connectivity index (χ4v) is 2.21. The van der Waals surface area contributed by atoms with E-state index in [1.807, 2.05) is 30.3 Å². The number of benzene rings is 1. The predicted molar refractivity (Wildman–Crippen MR) is 92.7 cm³/mol. The maximum absolute atomic E-state index is 12.1. The maximum atomic E-state index is 12.1. The lowest BCUT2D eigenvalue weighted by Crippen LogP contribution is -2.26. The number of ether oxygens (including phenoxy) is 1. The first-order chi connectivity index (χ1) is 12.3. The predicted octanol–water partition coefficient (Wildman–Crippen LogP) is 3.91. The van der Waals surface area contributed by atoms with Gasteiger partial charge in [-0.2, -0.15) is 13.2 Å². The van der Waals surface area contributed by atoms with Crippen molar-refractivity contribution in [3.63, 3.8) is 0 Å². The van der Waals surface area contributed by atoms with Gasteiger partial charge in [-0.05, 0) is 24.6 Å². The Kier molecular flexibility index (Phi) is 7.08. The van der Waals surface area contributed by atoms with Gasteiger partial charge in [0.25, 0.3) is 5.91 Å². The van der Waals surface area contributed by atoms with Crippen LogP contribution in [0.25, 0.3) is 0 Å². The molecular formula is C17H17ClF3N3O2. The molecule has 0 unspecified atom stereocenters. The zero-order chi connectivity index (χ0) is 19.0. The molecule has 0 aliphatic rings. The maximum Gasteiger partial charge on any atom is 0.422 e. The molecule has 0 spiro atoms. The first-order valence-electron chi connectivity index (χ1n) is 7.77. The number of para-hydroxylation sites is 1. The zero-order valence-electron chi connectivity index (χ0n) is 13.6. The second kappa shape index (κ2) is 9.28. The minimum atomic E-state index is -4.49. The average molecular weight is 388 g/mol. The van der Waals surface area contributed by atoms with Gasteiger partial charge < -0.3 is 15.4 Å². The van der Waals surface area contributed by atoms with Gasteiger partial charge >= 0.3 is 6.18 Å². The summed E-state index contributed by atoms with van der Waals surface area (Å²) in [5.41, 5.74) is 1.13. The van der Waals surface area contributed by atoms with E-state index in [1.165, 1.54) is 6.07 Å². The minimum absolute atomic E-state index is 0.144. The van der Waals surface area contributed by atoms with Crippen LogP contribution in [-0.2, 0) is 0 Å². The Morgan fingerprint density at radius 3 is 2.58 bits per heavy atom. The number of anilines is 1. The number of amides is 1. The lowest BCUT2D eigenvalue weighted by atomic mass is 10.2. The van der Waals surface area contributed by atoms with Crippen LogP contribution < -0.4 is 15.4 Å². The molecule has 0 aliphatic heterocycles. The summed E-state index contributed by atoms with van der Waals surface area (Å²) >= 11 is 5.81. The molecule has 0 fully saturated rings. The number of alkyl halides is 3. The van der Waals surface area contributed by atoms with Crippen molar-refractivity contribution < 1.29 is 22.7 Å². The van der Waals surface area contributed by atoms with E-state index in [0.29, 0.717) is 19.5 Å². The third kappa shape index (κ3) is 6.79. The highest BCUT2D eigenvalue weighted by molar-refractivity contribution is 6.32. The van der Waals surface area contributed by atoms with Gasteiger partial charge in [0.1, 0.15) is 5.02 Å². The number of halogens is 4. The molecule has 1 amide bonds. The van der Waals surface area contributed by atoms with Crippen molar-refractivity contribution in [3.05, 3.63) is 53.2 Å². The summed E-state index contributed by atoms with van der Waals surface area (Å²) < 4.78 is 40.9. The molecule has 2 aromatic rings. The van der Waals surface area contributed by atoms with Gasteiger partial charge in [-0.25, -0.2) is 4.98 Å². The van der Waals surface area contributed by atoms with E-state index in [0.717, 1.165) is 11.9 Å². The standard InChI is InChI=1S/C17H17ClF3N3O2/c18-14-9-12(10-24-16(14)26-11-17(19,20)21)15(25)23-8-4-7-22-13-5-2-1-3-6-13/h1-3,5-6,9-10,22H,4,7-8,11H2,(H,23,25). The molecular weight excluding hydrogens is 371 g/mol. The molecule has 0 saturated heterocycles. The van der Waals surface area contributed by atoms with Crippen LogP contribution in [0, 0.1) is 0 Å². The quantitative estimate of drug-likeness (QED) is 0.674. The summed E-state index contributed by atoms with van der Waals surface area (Å²) in [4.78, 5) is 15.7. The fraction of sp³-hybridized carbons (Fsp3) is 0.294. The van der Waals surface area contributed by atoms with Crippen molar-refractivity contribution >= 4 is 23.2 Å². The number of nitrogens with one attached hydrogen (secondary N) is 2. The molecule has 9 heteroatoms. The Morgan fingerprint density at radius 2 is 1.92 bits per heavy atom. The lowest BCUT2D eigenvalue weighted by molar-refractivity contribution is -0.154. The number of hydrogen-bond acceptors (Lipinski definition) is 4. The van der Waals surface area contributed by atoms with Crippen LogP contribution in [0.4, 0.5) is 18.9 Å². The van der Waals surface area contributed by atoms with Crippen molar-refractivity contribution in [2.45, 2.75) is 12.6 Å². The highest BCUT2D eigenvalue weighted by atomic mass is 35.5. The van der Waals surface area contributed by atoms with Gasteiger partial charge in [0.05, 0.1) is 5.56 Å². The molecule has 2 rings (SSSR count). The number of aromatic nitrogens is 1. The highest BCUT2D eigenvalue weighted by Crippen LogP contribution is 2.24. The van der Waals surface area contributed by atoms with E-state index in [1.54, 1.807) is 0 Å². The van der Waals surface area contributed by atoms with E-state index in [9.17, 15) is 18.0 Å². The Bertz CT molecular complexity index is 727. The molecule has 1 aromatic carbocycles. The minimum Gasteiger partial charge on any atom is -0.467 e. The third-order valence-corrected chi connectivity index (χ3v) is 3.45. The Labute approximate surface area is 153 Å². The first kappa shape index (κ1) is 19.8. The molecule has 1 aromatic heterocycles. The fourth-order valence-electron chi connectivity index (χ4n) is 1.99. The van der Waals surface area contributed by atoms with Crippen LogP contribution in [0.15, 0.2) is 42.6 Å². The molecule has 1 heterocycles. The first-order valence-corrected chi connectivity index (χ1v) is 8.15. The number of carbonyl (C=O) groups excluding carboxylic acids is 1. The molecule has 0 atom stereocenters. The Hall–Kier alpha value is -2.48. The van der Waals surface area contributed by atoms with E-state index in [4.69, 9.17) is 11.6 Å². The second-order valence-electron chi connectivity index (χ2n) is 5.32. The summed E-state index contributed by atoms with van der Waals surface area (Å²) in [5, 5.41) is 5.74. The molecule has 2 N–H and O–H groups in total. The molecule has 26 heavy (non-hydrogen) atoms. The molecule has 5 nitrogen and oxygen atoms in total. The highest BCUT2D eigenvalue weighted by Gasteiger charge is 2.29. The SMILES string of the molecule is O=C(NCCCNc1ccccc1)c1cnc(OCC(F)(F)F)c(Cl)c1. The normalized spacial score (nSPS) is 11.1. The Morgan fingerprint density at radius 1 is 1.19 bits per heavy atom. The molecule has 0 bridgehead atoms. The number of hydrogen-bond donors (Lipinski definition) is 2. The monoisotopic (exact) mass is 387 g/mol. The topological polar surface area (TPSA) is 63.2 Å². The van der Waals surface area contributed by atoms with Crippen LogP contribution in [-0.4, -0.2) is 36.8 Å². The van der Waals surface area contributed by atoms with E-state index < -0.39 is 18.7 Å². The Balaban J connectivity index is 1.75. The second-order valence-corrected chi connectivity index (χ2v) is 5.72. The molecule has 0 radical (unpaired) electrons. The van der Waals surface area contributed by atoms with Crippen LogP contribution in [0.3, 0.4) is 0 Å². The zero-order valence-corrected chi connectivity index (χ0v) is 14.4. The summed E-state index contributed by atoms with van der Waals surface area (Å²) in [6.07, 6.45) is -2.68. The van der Waals surface area contributed by atoms with Crippen LogP contribution in [0.1, 0.15) is 16.8 Å². The van der Waals surface area contributed by atoms with Gasteiger partial charge in [0.2, 0.25) is 5.88 Å². The van der Waals surface area contributed by atoms with Crippen molar-refractivity contribution in [3.8, 4) is 5.88 Å². The smallest absolute Gasteiger partial charge is 0.422 e. The van der Waals surface area contributed by atoms with E-state index in [-0.39, 0.29) is 16.5 Å². The van der Waals surface area contributed by atoms with Crippen molar-refractivity contribution in [2.24, 2.45) is 0 Å². The number of carbonyl (C=O) groups is 1. The van der Waals surface area contributed by atoms with Crippen LogP contribution in [0.2, 0.25) is 5.02 Å². The lowest BCUT2D eigenvalue weighted by Gasteiger charge is -2.11. The van der Waals surface area contributed by atoms with Crippen molar-refractivity contribution in [2.75, 3.05) is 25.0 Å². The largest absolute Gasteiger partial charge is 0.467 e. The average Bonchev–Trinajstić information content (AvgIpc) is 2.60. The van der Waals surface area contributed by atoms with Crippen molar-refractivity contribution in [1.29, 1.82) is 0 Å². The summed E-state index contributed by atoms with van der Waals surface area (Å²) in [5.74, 6) is -0.783. The number of nitrogens with zero attached hydrogens (tertiary/aromatic N) is 1. The molecule has 0 aliphatic carbocycles. The number of rotatable bonds is 8. The van der Waals surface area contributed by atoms with Gasteiger partial charge in [-0.15, -0.1) is 0 Å². The summed E-state index contributed by atoms with van der Waals surface area (Å²) in [6.45, 7) is -0.407. The van der Waals surface area contributed by atoms with E-state index >= 15 is 0 Å². The van der Waals surface area contributed by atoms with Crippen LogP contribution in [0.5, 0.6) is 5.88 Å². The van der Waals surface area contributed by atoms with Gasteiger partial charge in [-0.3, -0.25) is 4.79 Å². The number of pyridine rings is 1.